The van der Waals surface area contributed by atoms with Gasteiger partial charge in [-0.2, -0.15) is 0 Å². The summed E-state index contributed by atoms with van der Waals surface area (Å²) in [7, 11) is 0. The Labute approximate surface area is 105 Å². The molecule has 0 bridgehead atoms. The van der Waals surface area contributed by atoms with E-state index in [0.717, 1.165) is 16.8 Å². The number of carboxylic acids is 1. The van der Waals surface area contributed by atoms with Gasteiger partial charge >= 0.3 is 5.97 Å². The molecule has 18 heavy (non-hydrogen) atoms. The molecule has 0 unspecified atom stereocenters. The molecule has 5 nitrogen and oxygen atoms in total. The molecule has 0 aliphatic heterocycles. The van der Waals surface area contributed by atoms with Crippen molar-refractivity contribution < 1.29 is 9.90 Å². The second kappa shape index (κ2) is 5.27. The van der Waals surface area contributed by atoms with Crippen molar-refractivity contribution in [1.82, 2.24) is 9.97 Å². The number of hydrogen-bond donors (Lipinski definition) is 2. The third-order valence-electron chi connectivity index (χ3n) is 2.37. The maximum absolute atomic E-state index is 10.5. The Bertz CT molecular complexity index is 570. The van der Waals surface area contributed by atoms with Crippen molar-refractivity contribution in [3.63, 3.8) is 0 Å². The van der Waals surface area contributed by atoms with Gasteiger partial charge in [-0.05, 0) is 19.1 Å². The van der Waals surface area contributed by atoms with Crippen molar-refractivity contribution in [2.24, 2.45) is 0 Å². The van der Waals surface area contributed by atoms with Gasteiger partial charge in [0.05, 0.1) is 5.69 Å². The van der Waals surface area contributed by atoms with Crippen LogP contribution >= 0.6 is 0 Å². The highest BCUT2D eigenvalue weighted by Crippen LogP contribution is 2.18. The van der Waals surface area contributed by atoms with E-state index in [4.69, 9.17) is 5.11 Å². The lowest BCUT2D eigenvalue weighted by Crippen LogP contribution is -2.14. The number of nitrogens with zero attached hydrogens (tertiary/aromatic N) is 2. The zero-order valence-corrected chi connectivity index (χ0v) is 9.92. The van der Waals surface area contributed by atoms with Gasteiger partial charge in [-0.25, -0.2) is 9.97 Å². The average Bonchev–Trinajstić information content (AvgIpc) is 2.37. The van der Waals surface area contributed by atoms with Crippen molar-refractivity contribution >= 4 is 11.9 Å². The van der Waals surface area contributed by atoms with Crippen LogP contribution in [-0.4, -0.2) is 27.6 Å². The molecule has 0 radical (unpaired) electrons. The Balaban J connectivity index is 2.24. The number of carboxylic acid groups (broad SMARTS) is 1. The number of aliphatic carboxylic acids is 1. The van der Waals surface area contributed by atoms with Crippen molar-refractivity contribution in [2.75, 3.05) is 11.9 Å². The summed E-state index contributed by atoms with van der Waals surface area (Å²) in [4.78, 5) is 18.7. The summed E-state index contributed by atoms with van der Waals surface area (Å²) >= 11 is 0. The summed E-state index contributed by atoms with van der Waals surface area (Å²) < 4.78 is 0. The number of aryl methyl sites for hydroxylation is 1. The molecule has 5 heteroatoms. The van der Waals surface area contributed by atoms with Gasteiger partial charge in [-0.1, -0.05) is 23.8 Å². The van der Waals surface area contributed by atoms with Crippen molar-refractivity contribution in [3.05, 3.63) is 42.1 Å². The van der Waals surface area contributed by atoms with Gasteiger partial charge in [0.25, 0.3) is 0 Å². The maximum atomic E-state index is 10.5. The maximum Gasteiger partial charge on any atom is 0.322 e. The zero-order chi connectivity index (χ0) is 13.0. The van der Waals surface area contributed by atoms with E-state index in [-0.39, 0.29) is 6.54 Å². The quantitative estimate of drug-likeness (QED) is 0.858. The smallest absolute Gasteiger partial charge is 0.322 e. The molecular weight excluding hydrogens is 230 g/mol. The number of carbonyl (C=O) groups is 1. The topological polar surface area (TPSA) is 75.1 Å². The summed E-state index contributed by atoms with van der Waals surface area (Å²) in [6, 6.07) is 9.73. The van der Waals surface area contributed by atoms with Crippen LogP contribution in [0.5, 0.6) is 0 Å². The number of benzene rings is 1. The predicted octanol–water partition coefficient (Wildman–Crippen LogP) is 1.95. The number of hydrogen-bond acceptors (Lipinski definition) is 4. The number of nitrogens with one attached hydrogen (secondary N) is 1. The Morgan fingerprint density at radius 1 is 1.39 bits per heavy atom. The molecule has 2 rings (SSSR count). The lowest BCUT2D eigenvalue weighted by atomic mass is 10.1. The van der Waals surface area contributed by atoms with E-state index in [1.165, 1.54) is 0 Å². The minimum atomic E-state index is -0.945. The molecule has 1 aromatic heterocycles. The standard InChI is InChI=1S/C13H13N3O2/c1-9-3-2-4-10(7-9)11-5-6-14-13(16-11)15-8-12(17)18/h2-7H,8H2,1H3,(H,17,18)(H,14,15,16). The van der Waals surface area contributed by atoms with E-state index < -0.39 is 5.97 Å². The highest BCUT2D eigenvalue weighted by atomic mass is 16.4. The highest BCUT2D eigenvalue weighted by molar-refractivity contribution is 5.72. The van der Waals surface area contributed by atoms with E-state index in [9.17, 15) is 4.79 Å². The number of anilines is 1. The van der Waals surface area contributed by atoms with Gasteiger partial charge in [0.2, 0.25) is 5.95 Å². The molecule has 0 aliphatic rings. The van der Waals surface area contributed by atoms with Gasteiger partial charge in [0.1, 0.15) is 6.54 Å². The van der Waals surface area contributed by atoms with Crippen LogP contribution in [0.15, 0.2) is 36.5 Å². The largest absolute Gasteiger partial charge is 0.480 e. The molecule has 0 atom stereocenters. The van der Waals surface area contributed by atoms with E-state index in [1.54, 1.807) is 12.3 Å². The van der Waals surface area contributed by atoms with Crippen LogP contribution < -0.4 is 5.32 Å². The first kappa shape index (κ1) is 12.0. The van der Waals surface area contributed by atoms with E-state index >= 15 is 0 Å². The van der Waals surface area contributed by atoms with Crippen molar-refractivity contribution in [2.45, 2.75) is 6.92 Å². The molecule has 0 saturated carbocycles. The number of rotatable bonds is 4. The highest BCUT2D eigenvalue weighted by Gasteiger charge is 2.03. The van der Waals surface area contributed by atoms with Crippen LogP contribution in [0.4, 0.5) is 5.95 Å². The van der Waals surface area contributed by atoms with Gasteiger partial charge in [0.15, 0.2) is 0 Å². The molecule has 1 aromatic carbocycles. The third kappa shape index (κ3) is 3.04. The van der Waals surface area contributed by atoms with Gasteiger partial charge < -0.3 is 10.4 Å². The lowest BCUT2D eigenvalue weighted by molar-refractivity contribution is -0.134. The average molecular weight is 243 g/mol. The zero-order valence-electron chi connectivity index (χ0n) is 9.92. The van der Waals surface area contributed by atoms with Gasteiger partial charge in [-0.3, -0.25) is 4.79 Å². The summed E-state index contributed by atoms with van der Waals surface area (Å²) in [6.07, 6.45) is 1.61. The van der Waals surface area contributed by atoms with E-state index in [0.29, 0.717) is 5.95 Å². The van der Waals surface area contributed by atoms with Crippen molar-refractivity contribution in [1.29, 1.82) is 0 Å². The normalized spacial score (nSPS) is 10.1. The second-order valence-electron chi connectivity index (χ2n) is 3.88. The molecule has 0 saturated heterocycles. The monoisotopic (exact) mass is 243 g/mol. The molecule has 0 aliphatic carbocycles. The Kier molecular flexibility index (Phi) is 3.52. The Morgan fingerprint density at radius 3 is 2.94 bits per heavy atom. The van der Waals surface area contributed by atoms with Crippen LogP contribution in [0.3, 0.4) is 0 Å². The second-order valence-corrected chi connectivity index (χ2v) is 3.88. The molecule has 0 spiro atoms. The lowest BCUT2D eigenvalue weighted by Gasteiger charge is -2.05. The fraction of sp³-hybridized carbons (Fsp3) is 0.154. The molecule has 2 N–H and O–H groups in total. The van der Waals surface area contributed by atoms with Gasteiger partial charge in [0, 0.05) is 11.8 Å². The SMILES string of the molecule is Cc1cccc(-c2ccnc(NCC(=O)O)n2)c1. The minimum absolute atomic E-state index is 0.197. The van der Waals surface area contributed by atoms with E-state index in [1.807, 2.05) is 31.2 Å². The Hall–Kier alpha value is -2.43. The molecule has 92 valence electrons. The summed E-state index contributed by atoms with van der Waals surface area (Å²) in [5.74, 6) is -0.629. The van der Waals surface area contributed by atoms with E-state index in [2.05, 4.69) is 15.3 Å². The van der Waals surface area contributed by atoms with Crippen LogP contribution in [-0.2, 0) is 4.79 Å². The van der Waals surface area contributed by atoms with Crippen LogP contribution in [0.1, 0.15) is 5.56 Å². The summed E-state index contributed by atoms with van der Waals surface area (Å²) in [5.41, 5.74) is 2.89. The number of aromatic nitrogens is 2. The third-order valence-corrected chi connectivity index (χ3v) is 2.37. The molecule has 0 amide bonds. The van der Waals surface area contributed by atoms with Crippen LogP contribution in [0.25, 0.3) is 11.3 Å². The summed E-state index contributed by atoms with van der Waals surface area (Å²) in [5, 5.41) is 11.2. The van der Waals surface area contributed by atoms with Crippen LogP contribution in [0, 0.1) is 6.92 Å². The predicted molar refractivity (Wildman–Crippen MR) is 68.3 cm³/mol. The molecule has 1 heterocycles. The van der Waals surface area contributed by atoms with Gasteiger partial charge in [-0.15, -0.1) is 0 Å². The Morgan fingerprint density at radius 2 is 2.22 bits per heavy atom. The summed E-state index contributed by atoms with van der Waals surface area (Å²) in [6.45, 7) is 1.81. The van der Waals surface area contributed by atoms with Crippen LogP contribution in [0.2, 0.25) is 0 Å². The first-order valence-electron chi connectivity index (χ1n) is 5.51. The fourth-order valence-corrected chi connectivity index (χ4v) is 1.56. The minimum Gasteiger partial charge on any atom is -0.480 e. The fourth-order valence-electron chi connectivity index (χ4n) is 1.56. The molecule has 2 aromatic rings. The van der Waals surface area contributed by atoms with Crippen molar-refractivity contribution in [3.8, 4) is 11.3 Å². The molecular formula is C13H13N3O2. The first-order chi connectivity index (χ1) is 8.65. The molecule has 0 fully saturated rings. The first-order valence-corrected chi connectivity index (χ1v) is 5.51.